The number of H-pyrrole nitrogens is 1. The molecule has 1 aliphatic rings. The smallest absolute Gasteiger partial charge is 0.254 e. The van der Waals surface area contributed by atoms with E-state index in [1.54, 1.807) is 0 Å². The number of fused-ring (bicyclic) bond motifs is 1. The number of hydrogen-bond acceptors (Lipinski definition) is 4. The molecular formula is C24H28N4O. The Morgan fingerprint density at radius 3 is 2.79 bits per heavy atom. The molecule has 1 unspecified atom stereocenters. The lowest BCUT2D eigenvalue weighted by Crippen LogP contribution is -2.22. The van der Waals surface area contributed by atoms with E-state index >= 15 is 0 Å². The van der Waals surface area contributed by atoms with Crippen molar-refractivity contribution in [3.63, 3.8) is 0 Å². The number of aromatic amines is 1. The highest BCUT2D eigenvalue weighted by Crippen LogP contribution is 2.23. The van der Waals surface area contributed by atoms with Crippen LogP contribution in [0.3, 0.4) is 0 Å². The fourth-order valence-corrected chi connectivity index (χ4v) is 4.01. The topological polar surface area (TPSA) is 61.9 Å². The van der Waals surface area contributed by atoms with E-state index < -0.39 is 0 Å². The molecule has 4 rings (SSSR count). The summed E-state index contributed by atoms with van der Waals surface area (Å²) in [5, 5.41) is 0. The summed E-state index contributed by atoms with van der Waals surface area (Å²) >= 11 is 0. The fourth-order valence-electron chi connectivity index (χ4n) is 4.01. The van der Waals surface area contributed by atoms with Crippen molar-refractivity contribution in [1.82, 2.24) is 19.9 Å². The first-order valence-corrected chi connectivity index (χ1v) is 10.4. The van der Waals surface area contributed by atoms with Gasteiger partial charge in [0.25, 0.3) is 5.56 Å². The average Bonchev–Trinajstić information content (AvgIpc) is 3.00. The first-order chi connectivity index (χ1) is 14.1. The second-order valence-corrected chi connectivity index (χ2v) is 7.95. The third-order valence-electron chi connectivity index (χ3n) is 5.85. The number of pyridine rings is 1. The third kappa shape index (κ3) is 4.46. The summed E-state index contributed by atoms with van der Waals surface area (Å²) in [6, 6.07) is 14.5. The predicted octanol–water partition coefficient (Wildman–Crippen LogP) is 4.29. The van der Waals surface area contributed by atoms with Gasteiger partial charge in [-0.2, -0.15) is 0 Å². The minimum atomic E-state index is 0.0261. The highest BCUT2D eigenvalue weighted by molar-refractivity contribution is 5.56. The van der Waals surface area contributed by atoms with Crippen LogP contribution in [0.2, 0.25) is 0 Å². The summed E-state index contributed by atoms with van der Waals surface area (Å²) < 4.78 is 0. The van der Waals surface area contributed by atoms with E-state index in [1.165, 1.54) is 12.0 Å². The number of nitrogens with one attached hydrogen (secondary N) is 1. The van der Waals surface area contributed by atoms with Crippen LogP contribution < -0.4 is 5.56 Å². The van der Waals surface area contributed by atoms with E-state index in [9.17, 15) is 4.79 Å². The molecule has 29 heavy (non-hydrogen) atoms. The van der Waals surface area contributed by atoms with Crippen LogP contribution >= 0.6 is 0 Å². The Labute approximate surface area is 171 Å². The molecule has 5 heteroatoms. The summed E-state index contributed by atoms with van der Waals surface area (Å²) in [7, 11) is 2.11. The van der Waals surface area contributed by atoms with Gasteiger partial charge in [0.05, 0.1) is 11.4 Å². The zero-order chi connectivity index (χ0) is 20.2. The summed E-state index contributed by atoms with van der Waals surface area (Å²) in [5.74, 6) is 0.679. The number of hydrogen-bond donors (Lipinski definition) is 1. The quantitative estimate of drug-likeness (QED) is 0.662. The zero-order valence-corrected chi connectivity index (χ0v) is 17.2. The molecule has 0 bridgehead atoms. The maximum atomic E-state index is 12.6. The van der Waals surface area contributed by atoms with Gasteiger partial charge >= 0.3 is 0 Å². The number of aryl methyl sites for hydroxylation is 1. The normalized spacial score (nSPS) is 15.0. The highest BCUT2D eigenvalue weighted by Gasteiger charge is 2.16. The molecule has 0 saturated heterocycles. The van der Waals surface area contributed by atoms with E-state index in [-0.39, 0.29) is 11.6 Å². The molecule has 0 amide bonds. The number of rotatable bonds is 5. The second kappa shape index (κ2) is 8.70. The van der Waals surface area contributed by atoms with Crippen LogP contribution in [0.1, 0.15) is 54.7 Å². The van der Waals surface area contributed by atoms with Crippen LogP contribution in [-0.4, -0.2) is 26.9 Å². The van der Waals surface area contributed by atoms with Gasteiger partial charge in [-0.1, -0.05) is 30.7 Å². The molecule has 0 saturated carbocycles. The molecule has 1 atom stereocenters. The molecule has 0 aliphatic heterocycles. The van der Waals surface area contributed by atoms with Gasteiger partial charge in [0, 0.05) is 29.9 Å². The van der Waals surface area contributed by atoms with Crippen LogP contribution in [0.4, 0.5) is 0 Å². The first-order valence-electron chi connectivity index (χ1n) is 10.4. The van der Waals surface area contributed by atoms with Gasteiger partial charge in [-0.05, 0) is 63.4 Å². The van der Waals surface area contributed by atoms with Crippen LogP contribution in [0.15, 0.2) is 53.5 Å². The van der Waals surface area contributed by atoms with Crippen molar-refractivity contribution < 1.29 is 0 Å². The zero-order valence-electron chi connectivity index (χ0n) is 17.2. The van der Waals surface area contributed by atoms with Crippen LogP contribution in [0.25, 0.3) is 11.4 Å². The standard InChI is InChI=1S/C24H28N4O/c1-17(21-12-6-7-14-25-21)28(2)16-18-9-8-10-19(15-18)23-26-22-13-5-3-4-11-20(22)24(29)27-23/h6-10,12,14-15,17H,3-5,11,13,16H2,1-2H3,(H,26,27,29). The van der Waals surface area contributed by atoms with Gasteiger partial charge in [-0.15, -0.1) is 0 Å². The minimum Gasteiger partial charge on any atom is -0.306 e. The van der Waals surface area contributed by atoms with Crippen LogP contribution in [-0.2, 0) is 19.4 Å². The van der Waals surface area contributed by atoms with Gasteiger partial charge in [0.2, 0.25) is 0 Å². The van der Waals surface area contributed by atoms with E-state index in [0.717, 1.165) is 54.7 Å². The van der Waals surface area contributed by atoms with Crippen LogP contribution in [0, 0.1) is 0 Å². The Morgan fingerprint density at radius 2 is 1.97 bits per heavy atom. The minimum absolute atomic E-state index is 0.0261. The number of nitrogens with zero attached hydrogens (tertiary/aromatic N) is 3. The molecule has 1 aromatic carbocycles. The SMILES string of the molecule is CC(c1ccccn1)N(C)Cc1cccc(-c2nc3c(c(=O)[nH]2)CCCCC3)c1. The van der Waals surface area contributed by atoms with Crippen molar-refractivity contribution in [3.05, 3.63) is 81.5 Å². The van der Waals surface area contributed by atoms with Crippen molar-refractivity contribution in [2.45, 2.75) is 51.6 Å². The number of benzene rings is 1. The Kier molecular flexibility index (Phi) is 5.86. The van der Waals surface area contributed by atoms with E-state index in [1.807, 2.05) is 30.5 Å². The Balaban J connectivity index is 1.57. The van der Waals surface area contributed by atoms with E-state index in [2.05, 4.69) is 47.0 Å². The molecule has 0 spiro atoms. The Bertz CT molecular complexity index is 1030. The lowest BCUT2D eigenvalue weighted by molar-refractivity contribution is 0.248. The van der Waals surface area contributed by atoms with Crippen molar-refractivity contribution in [1.29, 1.82) is 0 Å². The Hall–Kier alpha value is -2.79. The second-order valence-electron chi connectivity index (χ2n) is 7.95. The predicted molar refractivity (Wildman–Crippen MR) is 116 cm³/mol. The molecule has 150 valence electrons. The van der Waals surface area contributed by atoms with Crippen molar-refractivity contribution in [3.8, 4) is 11.4 Å². The van der Waals surface area contributed by atoms with Gasteiger partial charge in [-0.25, -0.2) is 4.98 Å². The average molecular weight is 389 g/mol. The highest BCUT2D eigenvalue weighted by atomic mass is 16.1. The van der Waals surface area contributed by atoms with Gasteiger partial charge in [-0.3, -0.25) is 14.7 Å². The lowest BCUT2D eigenvalue weighted by atomic mass is 10.1. The first kappa shape index (κ1) is 19.5. The molecule has 5 nitrogen and oxygen atoms in total. The largest absolute Gasteiger partial charge is 0.306 e. The fraction of sp³-hybridized carbons (Fsp3) is 0.375. The van der Waals surface area contributed by atoms with Gasteiger partial charge < -0.3 is 4.98 Å². The summed E-state index contributed by atoms with van der Waals surface area (Å²) in [5.41, 5.74) is 5.09. The molecule has 1 aliphatic carbocycles. The monoisotopic (exact) mass is 388 g/mol. The molecular weight excluding hydrogens is 360 g/mol. The van der Waals surface area contributed by atoms with Gasteiger partial charge in [0.15, 0.2) is 0 Å². The maximum absolute atomic E-state index is 12.6. The van der Waals surface area contributed by atoms with Crippen molar-refractivity contribution >= 4 is 0 Å². The van der Waals surface area contributed by atoms with E-state index in [4.69, 9.17) is 4.98 Å². The lowest BCUT2D eigenvalue weighted by Gasteiger charge is -2.24. The summed E-state index contributed by atoms with van der Waals surface area (Å²) in [4.78, 5) is 27.2. The third-order valence-corrected chi connectivity index (χ3v) is 5.85. The Morgan fingerprint density at radius 1 is 1.10 bits per heavy atom. The van der Waals surface area contributed by atoms with E-state index in [0.29, 0.717) is 5.82 Å². The molecule has 2 aromatic heterocycles. The van der Waals surface area contributed by atoms with Crippen molar-refractivity contribution in [2.75, 3.05) is 7.05 Å². The van der Waals surface area contributed by atoms with Crippen LogP contribution in [0.5, 0.6) is 0 Å². The molecule has 0 fully saturated rings. The summed E-state index contributed by atoms with van der Waals surface area (Å²) in [6.45, 7) is 2.96. The number of aromatic nitrogens is 3. The summed E-state index contributed by atoms with van der Waals surface area (Å²) in [6.07, 6.45) is 6.93. The van der Waals surface area contributed by atoms with Crippen molar-refractivity contribution in [2.24, 2.45) is 0 Å². The molecule has 2 heterocycles. The maximum Gasteiger partial charge on any atom is 0.254 e. The molecule has 3 aromatic rings. The van der Waals surface area contributed by atoms with Gasteiger partial charge in [0.1, 0.15) is 5.82 Å². The molecule has 1 N–H and O–H groups in total. The molecule has 0 radical (unpaired) electrons.